The number of amides is 6. The summed E-state index contributed by atoms with van der Waals surface area (Å²) in [6.07, 6.45) is 25.6. The quantitative estimate of drug-likeness (QED) is 0.00977. The molecule has 146 heavy (non-hydrogen) atoms. The fourth-order valence-electron chi connectivity index (χ4n) is 15.5. The number of ether oxygens (including phenoxy) is 7. The van der Waals surface area contributed by atoms with Gasteiger partial charge in [0.05, 0.1) is 13.1 Å². The molecule has 0 atom stereocenters. The topological polar surface area (TPSA) is 429 Å². The maximum Gasteiger partial charge on any atom is 0.410 e. The molecule has 5 fully saturated rings. The van der Waals surface area contributed by atoms with E-state index in [1.165, 1.54) is 32.1 Å². The molecule has 6 amide bonds. The van der Waals surface area contributed by atoms with Crippen LogP contribution in [0.4, 0.5) is 62.5 Å². The number of carbonyl (C=O) groups excluding carboxylic acids is 7. The predicted octanol–water partition coefficient (Wildman–Crippen LogP) is 17.0. The second-order valence-corrected chi connectivity index (χ2v) is 38.3. The number of hydrogen-bond acceptors (Lipinski definition) is 27. The zero-order valence-corrected chi connectivity index (χ0v) is 88.1. The Labute approximate surface area is 884 Å². The van der Waals surface area contributed by atoms with Gasteiger partial charge in [0.1, 0.15) is 61.0 Å². The first-order valence-corrected chi connectivity index (χ1v) is 50.9. The van der Waals surface area contributed by atoms with Gasteiger partial charge in [-0.25, -0.2) is 58.5 Å². The van der Waals surface area contributed by atoms with E-state index in [4.69, 9.17) is 86.3 Å². The highest BCUT2D eigenvalue weighted by Gasteiger charge is 2.30. The van der Waals surface area contributed by atoms with Gasteiger partial charge in [0.2, 0.25) is 16.5 Å². The van der Waals surface area contributed by atoms with Crippen molar-refractivity contribution >= 4 is 117 Å². The number of benzene rings is 5. The van der Waals surface area contributed by atoms with Crippen LogP contribution in [0.25, 0.3) is 0 Å². The lowest BCUT2D eigenvalue weighted by Gasteiger charge is -2.33. The highest BCUT2D eigenvalue weighted by Crippen LogP contribution is 2.29. The SMILES string of the molecule is CC(C)(C)OC(=O)N1CCC(CCN)CC1.CC(C)(C)OC(=O)N1CCC(CCNC(=O)OCc2ccccc2)CC1.Clc1ccnc(Cl)n1.Nc1ccncc1.O=C(Cl)OCc1ccccc1.O=C(NCCC1CCN(c2ccnc(Cl)n2)CC1)OCc1ccccc1.O=C(NCCC1CCN(c2ccnc(Nc3ccncc3)n2)CC1)OCc1ccccc1.O=C(NCCC1CC[NH2+]CC1)OCc1ccccc1.[Cl-]. The van der Waals surface area contributed by atoms with Crippen molar-refractivity contribution in [2.24, 2.45) is 35.3 Å². The molecule has 10 heterocycles. The van der Waals surface area contributed by atoms with Crippen LogP contribution in [0.5, 0.6) is 0 Å². The molecule has 5 aliphatic rings. The van der Waals surface area contributed by atoms with E-state index >= 15 is 0 Å². The molecule has 0 saturated carbocycles. The number of nitrogens with zero attached hydrogens (tertiary/aromatic N) is 12. The van der Waals surface area contributed by atoms with Crippen LogP contribution < -0.4 is 65.6 Å². The first-order valence-electron chi connectivity index (χ1n) is 49.4. The molecule has 5 aliphatic heterocycles. The van der Waals surface area contributed by atoms with E-state index in [-0.39, 0.29) is 72.7 Å². The number of quaternary nitrogens is 1. The van der Waals surface area contributed by atoms with E-state index in [9.17, 15) is 33.6 Å². The molecule has 10 aromatic rings. The van der Waals surface area contributed by atoms with Crippen LogP contribution in [-0.2, 0) is 66.2 Å². The number of aromatic nitrogens is 8. The molecule has 34 nitrogen and oxygen atoms in total. The number of anilines is 5. The molecular formula is C107H143Cl5N20O14. The van der Waals surface area contributed by atoms with Crippen LogP contribution in [-0.4, -0.2) is 201 Å². The van der Waals surface area contributed by atoms with E-state index in [1.54, 1.807) is 65.2 Å². The fourth-order valence-corrected chi connectivity index (χ4v) is 16.1. The van der Waals surface area contributed by atoms with Crippen LogP contribution in [0.15, 0.2) is 238 Å². The second kappa shape index (κ2) is 69.4. The number of carbonyl (C=O) groups is 7. The van der Waals surface area contributed by atoms with Crippen molar-refractivity contribution in [3.05, 3.63) is 281 Å². The number of hydrogen-bond donors (Lipinski definition) is 8. The van der Waals surface area contributed by atoms with Gasteiger partial charge in [-0.1, -0.05) is 163 Å². The maximum absolute atomic E-state index is 12.0. The number of rotatable bonds is 28. The van der Waals surface area contributed by atoms with Crippen LogP contribution in [0.3, 0.4) is 0 Å². The number of piperidine rings is 5. The molecule has 39 heteroatoms. The number of halogens is 5. The van der Waals surface area contributed by atoms with Crippen molar-refractivity contribution in [2.75, 3.05) is 119 Å². The summed E-state index contributed by atoms with van der Waals surface area (Å²) in [6, 6.07) is 60.7. The van der Waals surface area contributed by atoms with Gasteiger partial charge in [-0.2, -0.15) is 4.98 Å². The van der Waals surface area contributed by atoms with Crippen molar-refractivity contribution in [1.29, 1.82) is 0 Å². The van der Waals surface area contributed by atoms with Crippen molar-refractivity contribution in [1.82, 2.24) is 70.9 Å². The lowest BCUT2D eigenvalue weighted by Crippen LogP contribution is -3.00. The van der Waals surface area contributed by atoms with E-state index in [0.717, 1.165) is 193 Å². The highest BCUT2D eigenvalue weighted by molar-refractivity contribution is 6.61. The van der Waals surface area contributed by atoms with Crippen LogP contribution in [0.1, 0.15) is 166 Å². The summed E-state index contributed by atoms with van der Waals surface area (Å²) in [7, 11) is 0. The van der Waals surface area contributed by atoms with Gasteiger partial charge in [-0.3, -0.25) is 9.97 Å². The molecule has 0 unspecified atom stereocenters. The average Bonchev–Trinajstić information content (AvgIpc) is 0.868. The van der Waals surface area contributed by atoms with Gasteiger partial charge < -0.3 is 109 Å². The van der Waals surface area contributed by atoms with E-state index in [0.29, 0.717) is 87.3 Å². The summed E-state index contributed by atoms with van der Waals surface area (Å²) in [5.41, 5.74) is 15.8. The van der Waals surface area contributed by atoms with Crippen molar-refractivity contribution in [3.8, 4) is 0 Å². The molecule has 5 aromatic heterocycles. The van der Waals surface area contributed by atoms with Gasteiger partial charge in [0.15, 0.2) is 0 Å². The standard InChI is InChI=1S/C24H28N6O2.C20H30N2O4.C19H23ClN4O2.C15H22N2O2.C12H24N2O2.C8H7ClO2.C5H6N2.C4H2Cl2N2.ClH/c31-24(32-18-20-4-2-1-3-5-20)27-14-6-19-10-16-30(17-11-19)22-9-15-26-23(29-22)28-21-7-12-25-13-8-21;1-20(2,3)26-19(24)22-13-10-16(11-14-22)9-12-21-18(23)25-15-17-7-5-4-6-8-17;20-18-21-11-7-17(23-18)24-12-8-15(9-13-24)6-10-22-19(25)26-14-16-4-2-1-3-5-16;18-15(19-12-14-4-2-1-3-5-14)17-11-8-13-6-9-16-10-7-13;1-12(2,3)16-11(15)14-8-5-10(4-7-13)6-9-14;9-8(10)11-6-7-4-2-1-3-5-7;6-5-1-3-7-4-2-5;5-3-1-2-7-4(6)8-3;/h1-5,7-9,12-13,15,19H,6,10-11,14,16-18H2,(H,27,31)(H,25,26,28,29);4-8,16H,9-15H2,1-3H3,(H,21,23);1-5,7,11,15H,6,8-10,12-14H2,(H,22,25);1-5,13,16H,6-12H2,(H,17,18);10H,4-9,13H2,1-3H3;1-5H,6H2;1-4H,(H2,6,7);1-2H;1H. The zero-order chi connectivity index (χ0) is 104. The minimum absolute atomic E-state index is 0. The molecule has 5 aromatic carbocycles. The number of alkyl carbamates (subject to hydrolysis) is 4. The zero-order valence-electron chi connectivity index (χ0n) is 84.4. The Bertz CT molecular complexity index is 5260. The largest absolute Gasteiger partial charge is 1.00 e. The summed E-state index contributed by atoms with van der Waals surface area (Å²) in [6.45, 7) is 25.3. The highest BCUT2D eigenvalue weighted by atomic mass is 35.5. The van der Waals surface area contributed by atoms with E-state index < -0.39 is 16.6 Å². The third kappa shape index (κ3) is 53.9. The van der Waals surface area contributed by atoms with Gasteiger partial charge in [-0.05, 0) is 267 Å². The predicted molar refractivity (Wildman–Crippen MR) is 566 cm³/mol. The lowest BCUT2D eigenvalue weighted by atomic mass is 9.93. The molecule has 790 valence electrons. The fraction of sp³-hybridized carbons (Fsp3) is 0.449. The smallest absolute Gasteiger partial charge is 0.410 e. The average molecular weight is 2110 g/mol. The molecule has 0 bridgehead atoms. The number of nitrogen functional groups attached to an aromatic ring is 1. The van der Waals surface area contributed by atoms with Gasteiger partial charge in [0.25, 0.3) is 0 Å². The second-order valence-electron chi connectivity index (χ2n) is 36.9. The number of nitrogens with two attached hydrogens (primary N) is 3. The number of likely N-dealkylation sites (tertiary alicyclic amines) is 2. The Kier molecular flexibility index (Phi) is 57.1. The molecule has 15 rings (SSSR count). The Morgan fingerprint density at radius 3 is 0.993 bits per heavy atom. The number of nitrogens with one attached hydrogen (secondary N) is 5. The normalized spacial score (nSPS) is 14.2. The van der Waals surface area contributed by atoms with Crippen LogP contribution >= 0.6 is 46.4 Å². The Morgan fingerprint density at radius 2 is 0.685 bits per heavy atom. The maximum atomic E-state index is 12.0. The van der Waals surface area contributed by atoms with E-state index in [2.05, 4.69) is 86.3 Å². The monoisotopic (exact) mass is 2110 g/mol. The summed E-state index contributed by atoms with van der Waals surface area (Å²) in [4.78, 5) is 121. The van der Waals surface area contributed by atoms with Crippen LogP contribution in [0.2, 0.25) is 15.7 Å². The lowest BCUT2D eigenvalue weighted by molar-refractivity contribution is -0.664. The number of pyridine rings is 2. The van der Waals surface area contributed by atoms with Gasteiger partial charge in [-0.15, -0.1) is 0 Å². The molecule has 0 radical (unpaired) electrons. The summed E-state index contributed by atoms with van der Waals surface area (Å²) < 4.78 is 36.1. The third-order valence-corrected chi connectivity index (χ3v) is 24.0. The molecule has 5 saturated heterocycles. The Morgan fingerprint density at radius 1 is 0.377 bits per heavy atom. The van der Waals surface area contributed by atoms with Crippen molar-refractivity contribution in [3.63, 3.8) is 0 Å². The van der Waals surface area contributed by atoms with Gasteiger partial charge >= 0.3 is 42.0 Å². The summed E-state index contributed by atoms with van der Waals surface area (Å²) >= 11 is 21.6. The molecule has 11 N–H and O–H groups in total. The van der Waals surface area contributed by atoms with Crippen molar-refractivity contribution < 1.29 is 84.4 Å². The molecular weight excluding hydrogens is 1970 g/mol. The Balaban J connectivity index is 0.000000235. The first kappa shape index (κ1) is 120. The minimum atomic E-state index is -0.770. The molecule has 0 spiro atoms. The van der Waals surface area contributed by atoms with Crippen LogP contribution in [0, 0.1) is 29.6 Å². The summed E-state index contributed by atoms with van der Waals surface area (Å²) in [5.74, 6) is 5.51. The first-order chi connectivity index (χ1) is 70.0. The Hall–Kier alpha value is -12.7. The van der Waals surface area contributed by atoms with Crippen molar-refractivity contribution in [2.45, 2.75) is 182 Å². The van der Waals surface area contributed by atoms with E-state index in [1.807, 2.05) is 217 Å². The molecule has 0 aliphatic carbocycles. The summed E-state index contributed by atoms with van der Waals surface area (Å²) in [5, 5.41) is 17.7. The van der Waals surface area contributed by atoms with Gasteiger partial charge in [0, 0.05) is 145 Å². The third-order valence-electron chi connectivity index (χ3n) is 23.4. The minimum Gasteiger partial charge on any atom is -1.00 e.